The molecule has 146 valence electrons. The van der Waals surface area contributed by atoms with E-state index in [4.69, 9.17) is 16.3 Å². The van der Waals surface area contributed by atoms with Gasteiger partial charge in [-0.2, -0.15) is 0 Å². The van der Waals surface area contributed by atoms with Crippen molar-refractivity contribution < 1.29 is 17.9 Å². The van der Waals surface area contributed by atoms with Crippen LogP contribution in [-0.4, -0.2) is 36.4 Å². The lowest BCUT2D eigenvalue weighted by atomic mass is 10.0. The summed E-state index contributed by atoms with van der Waals surface area (Å²) in [7, 11) is -3.63. The maximum absolute atomic E-state index is 13.0. The first-order valence-corrected chi connectivity index (χ1v) is 11.5. The Kier molecular flexibility index (Phi) is 5.63. The average molecular weight is 486 g/mol. The number of nitrogens with one attached hydrogen (secondary N) is 1. The van der Waals surface area contributed by atoms with Crippen molar-refractivity contribution in [2.24, 2.45) is 4.99 Å². The fourth-order valence-electron chi connectivity index (χ4n) is 2.51. The SMILES string of the molecule is CC(C)(C)OC(=O)NC1=NC(C)(c2sc(Br)cc2Cl)CS(=O)(=O)C1(C)C. The average Bonchev–Trinajstić information content (AvgIpc) is 2.73. The predicted molar refractivity (Wildman–Crippen MR) is 109 cm³/mol. The number of sulfone groups is 1. The summed E-state index contributed by atoms with van der Waals surface area (Å²) in [6, 6.07) is 1.70. The number of hydrogen-bond acceptors (Lipinski definition) is 6. The molecule has 0 saturated carbocycles. The second kappa shape index (κ2) is 6.76. The second-order valence-corrected chi connectivity index (χ2v) is 13.2. The molecule has 0 aromatic carbocycles. The molecule has 2 rings (SSSR count). The van der Waals surface area contributed by atoms with Crippen molar-refractivity contribution in [3.05, 3.63) is 19.8 Å². The summed E-state index contributed by atoms with van der Waals surface area (Å²) >= 11 is 11.0. The normalized spacial score (nSPS) is 24.7. The Labute approximate surface area is 171 Å². The molecule has 26 heavy (non-hydrogen) atoms. The number of amidine groups is 1. The van der Waals surface area contributed by atoms with E-state index in [-0.39, 0.29) is 11.6 Å². The molecule has 1 atom stereocenters. The molecule has 1 amide bonds. The van der Waals surface area contributed by atoms with Gasteiger partial charge in [-0.15, -0.1) is 11.3 Å². The molecule has 1 N–H and O–H groups in total. The van der Waals surface area contributed by atoms with E-state index < -0.39 is 31.8 Å². The smallest absolute Gasteiger partial charge is 0.413 e. The van der Waals surface area contributed by atoms with Gasteiger partial charge in [0.15, 0.2) is 9.84 Å². The molecule has 2 heterocycles. The van der Waals surface area contributed by atoms with Crippen molar-refractivity contribution in [1.29, 1.82) is 0 Å². The molecular formula is C16H22BrClN2O4S2. The van der Waals surface area contributed by atoms with Gasteiger partial charge in [0.05, 0.1) is 19.4 Å². The summed E-state index contributed by atoms with van der Waals surface area (Å²) < 4.78 is 30.6. The number of carbonyl (C=O) groups is 1. The molecule has 1 unspecified atom stereocenters. The Hall–Kier alpha value is -0.640. The number of alkyl carbamates (subject to hydrolysis) is 1. The number of hydrogen-bond donors (Lipinski definition) is 1. The quantitative estimate of drug-likeness (QED) is 0.634. The second-order valence-electron chi connectivity index (χ2n) is 7.86. The van der Waals surface area contributed by atoms with E-state index in [1.54, 1.807) is 33.8 Å². The van der Waals surface area contributed by atoms with Crippen LogP contribution in [0.3, 0.4) is 0 Å². The molecule has 0 radical (unpaired) electrons. The summed E-state index contributed by atoms with van der Waals surface area (Å²) in [6.45, 7) is 9.91. The summed E-state index contributed by atoms with van der Waals surface area (Å²) in [5.74, 6) is -0.166. The van der Waals surface area contributed by atoms with Crippen LogP contribution in [0.4, 0.5) is 4.79 Å². The largest absolute Gasteiger partial charge is 0.444 e. The van der Waals surface area contributed by atoms with Crippen molar-refractivity contribution >= 4 is 60.6 Å². The van der Waals surface area contributed by atoms with E-state index in [2.05, 4.69) is 26.2 Å². The third-order valence-electron chi connectivity index (χ3n) is 3.94. The van der Waals surface area contributed by atoms with Crippen LogP contribution in [-0.2, 0) is 20.1 Å². The molecule has 1 aromatic rings. The molecule has 0 bridgehead atoms. The minimum Gasteiger partial charge on any atom is -0.444 e. The maximum atomic E-state index is 13.0. The molecule has 0 fully saturated rings. The zero-order chi connectivity index (χ0) is 20.1. The molecule has 0 saturated heterocycles. The fraction of sp³-hybridized carbons (Fsp3) is 0.625. The van der Waals surface area contributed by atoms with Gasteiger partial charge in [-0.05, 0) is 63.5 Å². The monoisotopic (exact) mass is 484 g/mol. The minimum atomic E-state index is -3.63. The summed E-state index contributed by atoms with van der Waals surface area (Å²) in [5.41, 5.74) is -1.82. The Morgan fingerprint density at radius 1 is 1.38 bits per heavy atom. The van der Waals surface area contributed by atoms with E-state index in [9.17, 15) is 13.2 Å². The number of rotatable bonds is 1. The van der Waals surface area contributed by atoms with Gasteiger partial charge in [0.2, 0.25) is 0 Å². The number of ether oxygens (including phenoxy) is 1. The van der Waals surface area contributed by atoms with Crippen LogP contribution in [0.25, 0.3) is 0 Å². The van der Waals surface area contributed by atoms with Crippen LogP contribution in [0.1, 0.15) is 46.4 Å². The van der Waals surface area contributed by atoms with Gasteiger partial charge in [0.25, 0.3) is 0 Å². The van der Waals surface area contributed by atoms with Gasteiger partial charge in [-0.3, -0.25) is 10.3 Å². The zero-order valence-electron chi connectivity index (χ0n) is 15.4. The highest BCUT2D eigenvalue weighted by atomic mass is 79.9. The lowest BCUT2D eigenvalue weighted by Crippen LogP contribution is -2.57. The molecule has 1 aliphatic heterocycles. The lowest BCUT2D eigenvalue weighted by molar-refractivity contribution is 0.0561. The first-order valence-electron chi connectivity index (χ1n) is 7.85. The predicted octanol–water partition coefficient (Wildman–Crippen LogP) is 4.51. The van der Waals surface area contributed by atoms with Gasteiger partial charge < -0.3 is 4.74 Å². The van der Waals surface area contributed by atoms with Crippen LogP contribution >= 0.6 is 38.9 Å². The zero-order valence-corrected chi connectivity index (χ0v) is 19.4. The Morgan fingerprint density at radius 3 is 2.42 bits per heavy atom. The van der Waals surface area contributed by atoms with Gasteiger partial charge in [0, 0.05) is 0 Å². The van der Waals surface area contributed by atoms with E-state index in [0.29, 0.717) is 9.90 Å². The third kappa shape index (κ3) is 4.26. The van der Waals surface area contributed by atoms with Crippen LogP contribution in [0.2, 0.25) is 5.02 Å². The van der Waals surface area contributed by atoms with Crippen molar-refractivity contribution in [2.75, 3.05) is 5.75 Å². The summed E-state index contributed by atoms with van der Waals surface area (Å²) in [5, 5.41) is 2.96. The minimum absolute atomic E-state index is 0.0427. The number of aliphatic imine (C=N–C) groups is 1. The van der Waals surface area contributed by atoms with E-state index in [1.165, 1.54) is 25.2 Å². The molecule has 10 heteroatoms. The van der Waals surface area contributed by atoms with Crippen LogP contribution in [0.15, 0.2) is 14.8 Å². The highest BCUT2D eigenvalue weighted by molar-refractivity contribution is 9.11. The number of thiophene rings is 1. The molecule has 1 aliphatic rings. The Balaban J connectivity index is 2.53. The topological polar surface area (TPSA) is 84.8 Å². The van der Waals surface area contributed by atoms with Crippen molar-refractivity contribution in [2.45, 2.75) is 57.4 Å². The van der Waals surface area contributed by atoms with Crippen molar-refractivity contribution in [1.82, 2.24) is 5.32 Å². The van der Waals surface area contributed by atoms with E-state index in [0.717, 1.165) is 3.79 Å². The van der Waals surface area contributed by atoms with Gasteiger partial charge in [-0.25, -0.2) is 13.2 Å². The summed E-state index contributed by atoms with van der Waals surface area (Å²) in [6.07, 6.45) is -0.748. The first kappa shape index (κ1) is 21.7. The molecule has 1 aromatic heterocycles. The number of amides is 1. The van der Waals surface area contributed by atoms with Gasteiger partial charge in [0.1, 0.15) is 21.7 Å². The first-order chi connectivity index (χ1) is 11.6. The van der Waals surface area contributed by atoms with Gasteiger partial charge in [-0.1, -0.05) is 11.6 Å². The maximum Gasteiger partial charge on any atom is 0.413 e. The highest BCUT2D eigenvalue weighted by Crippen LogP contribution is 2.44. The number of halogens is 2. The fourth-order valence-corrected chi connectivity index (χ4v) is 6.51. The number of nitrogens with zero attached hydrogens (tertiary/aromatic N) is 1. The Bertz CT molecular complexity index is 871. The van der Waals surface area contributed by atoms with E-state index >= 15 is 0 Å². The van der Waals surface area contributed by atoms with Crippen LogP contribution < -0.4 is 5.32 Å². The van der Waals surface area contributed by atoms with Gasteiger partial charge >= 0.3 is 6.09 Å². The molecule has 0 aliphatic carbocycles. The highest BCUT2D eigenvalue weighted by Gasteiger charge is 2.51. The van der Waals surface area contributed by atoms with Crippen molar-refractivity contribution in [3.8, 4) is 0 Å². The molecule has 0 spiro atoms. The van der Waals surface area contributed by atoms with E-state index in [1.807, 2.05) is 0 Å². The van der Waals surface area contributed by atoms with Crippen LogP contribution in [0.5, 0.6) is 0 Å². The third-order valence-corrected chi connectivity index (χ3v) is 8.93. The lowest BCUT2D eigenvalue weighted by Gasteiger charge is -2.38. The summed E-state index contributed by atoms with van der Waals surface area (Å²) in [4.78, 5) is 17.4. The number of carbonyl (C=O) groups excluding carboxylic acids is 1. The molecule has 6 nitrogen and oxygen atoms in total. The Morgan fingerprint density at radius 2 is 1.96 bits per heavy atom. The molecular weight excluding hydrogens is 464 g/mol. The standard InChI is InChI=1S/C16H22BrClN2O4S2/c1-14(2,3)24-13(21)19-12-15(4,5)26(22,23)8-16(6,20-12)11-9(18)7-10(17)25-11/h7H,8H2,1-6H3,(H,19,20,21). The van der Waals surface area contributed by atoms with Crippen molar-refractivity contribution in [3.63, 3.8) is 0 Å². The van der Waals surface area contributed by atoms with Crippen LogP contribution in [0, 0.1) is 0 Å².